The summed E-state index contributed by atoms with van der Waals surface area (Å²) in [5.41, 5.74) is 7.46. The predicted octanol–water partition coefficient (Wildman–Crippen LogP) is 3.28. The quantitative estimate of drug-likeness (QED) is 0.112. The maximum Gasteiger partial charge on any atom is 0.308 e. The number of ether oxygens (including phenoxy) is 4. The lowest BCUT2D eigenvalue weighted by Crippen LogP contribution is -2.62. The standard InChI is InChI=1S/C63H93N3O18/c1-39-19-15-13-11-9-7-5-6-8-10-12-14-16-20-51(82-62-59(78)57(64)58(77)41(3)81-62)36-54-56(61(79)66-27-17-18-28-66)53(75)38-63(80,84-54)37-50(73)33-48(71)31-46(69)29-45(68)30-47(70)32-49(72)35-55(76)83-60(39)40(2)21-26-44(67)34-52(74)42-22-24-43(65-4)25-23-42/h5-16,19-20,22-25,39-41,44-46,48-51,53-54,56-60,62,65,67-69,71-73,75,77-78,80H,17-18,21,26-38,64H2,1-4H3/b6-5-,9-7-,10-8+,13-11+,14-12+,19-15+,20-16+/t39?,40?,41-,44?,45?,46?,48?,49?,50?,51?,53?,54?,56?,57+,58-,59+,60?,62+,63?/m1/s1. The van der Waals surface area contributed by atoms with E-state index in [1.807, 2.05) is 38.2 Å². The number of Topliss-reactive ketones (excluding diaryl/α,β-unsaturated/α-hetero) is 2. The minimum Gasteiger partial charge on any atom is -0.461 e. The third-order valence-corrected chi connectivity index (χ3v) is 15.8. The van der Waals surface area contributed by atoms with Gasteiger partial charge in [0.05, 0.1) is 85.5 Å². The maximum atomic E-state index is 14.1. The molecule has 4 heterocycles. The fourth-order valence-corrected chi connectivity index (χ4v) is 11.2. The van der Waals surface area contributed by atoms with Gasteiger partial charge in [0, 0.05) is 75.8 Å². The molecule has 21 nitrogen and oxygen atoms in total. The summed E-state index contributed by atoms with van der Waals surface area (Å²) in [6.07, 6.45) is 5.39. The lowest BCUT2D eigenvalue weighted by molar-refractivity contribution is -0.307. The van der Waals surface area contributed by atoms with Crippen LogP contribution in [-0.4, -0.2) is 197 Å². The van der Waals surface area contributed by atoms with Gasteiger partial charge in [0.25, 0.3) is 0 Å². The number of anilines is 1. The van der Waals surface area contributed by atoms with Gasteiger partial charge < -0.3 is 86.0 Å². The van der Waals surface area contributed by atoms with Crippen LogP contribution in [-0.2, 0) is 33.3 Å². The Morgan fingerprint density at radius 1 is 0.726 bits per heavy atom. The number of amides is 1. The van der Waals surface area contributed by atoms with Crippen molar-refractivity contribution in [1.82, 2.24) is 4.90 Å². The molecule has 21 heteroatoms. The van der Waals surface area contributed by atoms with E-state index in [2.05, 4.69) is 5.32 Å². The second kappa shape index (κ2) is 34.9. The van der Waals surface area contributed by atoms with Gasteiger partial charge in [0.1, 0.15) is 18.0 Å². The fourth-order valence-electron chi connectivity index (χ4n) is 11.2. The zero-order valence-corrected chi connectivity index (χ0v) is 48.9. The van der Waals surface area contributed by atoms with Gasteiger partial charge in [0.15, 0.2) is 17.9 Å². The smallest absolute Gasteiger partial charge is 0.308 e. The zero-order valence-electron chi connectivity index (χ0n) is 48.9. The van der Waals surface area contributed by atoms with Crippen LogP contribution >= 0.6 is 0 Å². The fraction of sp³-hybridized carbons (Fsp3) is 0.619. The van der Waals surface area contributed by atoms with Crippen LogP contribution in [0.3, 0.4) is 0 Å². The first-order chi connectivity index (χ1) is 39.9. The number of nitrogens with zero attached hydrogens (tertiary/aromatic N) is 1. The van der Waals surface area contributed by atoms with Crippen molar-refractivity contribution in [2.45, 2.75) is 208 Å². The molecule has 5 rings (SSSR count). The summed E-state index contributed by atoms with van der Waals surface area (Å²) in [5.74, 6) is -6.14. The number of aliphatic hydroxyl groups excluding tert-OH is 9. The summed E-state index contributed by atoms with van der Waals surface area (Å²) in [7, 11) is 1.77. The van der Waals surface area contributed by atoms with Gasteiger partial charge in [-0.15, -0.1) is 0 Å². The third-order valence-electron chi connectivity index (χ3n) is 15.8. The topological polar surface area (TPSA) is 349 Å². The Hall–Kier alpha value is -5.08. The Labute approximate surface area is 493 Å². The lowest BCUT2D eigenvalue weighted by Gasteiger charge is -2.46. The van der Waals surface area contributed by atoms with Crippen LogP contribution < -0.4 is 11.1 Å². The van der Waals surface area contributed by atoms with Crippen LogP contribution in [0, 0.1) is 17.8 Å². The van der Waals surface area contributed by atoms with Crippen LogP contribution in [0.5, 0.6) is 0 Å². The first kappa shape index (κ1) is 69.7. The normalized spacial score (nSPS) is 37.8. The van der Waals surface area contributed by atoms with Gasteiger partial charge >= 0.3 is 5.97 Å². The van der Waals surface area contributed by atoms with Crippen molar-refractivity contribution in [2.24, 2.45) is 23.5 Å². The van der Waals surface area contributed by atoms with Gasteiger partial charge in [-0.3, -0.25) is 19.2 Å². The number of esters is 1. The number of cyclic esters (lactones) is 1. The Morgan fingerprint density at radius 2 is 1.29 bits per heavy atom. The summed E-state index contributed by atoms with van der Waals surface area (Å²) in [6.45, 7) is 6.18. The number of benzene rings is 1. The molecule has 84 heavy (non-hydrogen) atoms. The SMILES string of the molecule is CNc1ccc(C(=O)CC(O)CCC(C)C2OC(=O)CC(O)CC(=O)CC(O)CC(O)CC(O)CC(O)CC3(O)CC(O)C(C(=O)N4CCCC4)C(CC(O[C@@H]4O[C@H](C)[C@@H](O)[C@H](N)[C@@H]4O)/C=C/C=C/C=C/C=C\C=C/C=C/C=C/C2C)O3)cc1. The van der Waals surface area contributed by atoms with Crippen molar-refractivity contribution in [3.63, 3.8) is 0 Å². The highest BCUT2D eigenvalue weighted by Gasteiger charge is 2.52. The van der Waals surface area contributed by atoms with E-state index >= 15 is 0 Å². The molecule has 0 aliphatic carbocycles. The van der Waals surface area contributed by atoms with Crippen LogP contribution in [0.15, 0.2) is 109 Å². The van der Waals surface area contributed by atoms with E-state index in [0.29, 0.717) is 25.1 Å². The predicted molar refractivity (Wildman–Crippen MR) is 313 cm³/mol. The molecule has 0 radical (unpaired) electrons. The van der Waals surface area contributed by atoms with Crippen LogP contribution in [0.1, 0.15) is 121 Å². The van der Waals surface area contributed by atoms with Crippen molar-refractivity contribution < 1.29 is 89.2 Å². The molecule has 0 saturated carbocycles. The monoisotopic (exact) mass is 1180 g/mol. The number of allylic oxidation sites excluding steroid dienone is 12. The first-order valence-corrected chi connectivity index (χ1v) is 29.5. The zero-order chi connectivity index (χ0) is 61.5. The summed E-state index contributed by atoms with van der Waals surface area (Å²) in [4.78, 5) is 55.1. The number of hydrogen-bond acceptors (Lipinski definition) is 20. The Kier molecular flexibility index (Phi) is 29.0. The lowest BCUT2D eigenvalue weighted by atomic mass is 9.82. The molecule has 1 amide bonds. The number of aliphatic hydroxyl groups is 10. The highest BCUT2D eigenvalue weighted by Crippen LogP contribution is 2.39. The van der Waals surface area contributed by atoms with Gasteiger partial charge in [-0.1, -0.05) is 98.9 Å². The van der Waals surface area contributed by atoms with E-state index in [1.165, 1.54) is 0 Å². The summed E-state index contributed by atoms with van der Waals surface area (Å²) in [6, 6.07) is 5.80. The van der Waals surface area contributed by atoms with E-state index in [4.69, 9.17) is 24.7 Å². The second-order valence-corrected chi connectivity index (χ2v) is 23.1. The molecule has 2 bridgehead atoms. The molecule has 1 aromatic rings. The van der Waals surface area contributed by atoms with Crippen molar-refractivity contribution in [1.29, 1.82) is 0 Å². The number of nitrogens with two attached hydrogens (primary N) is 1. The minimum absolute atomic E-state index is 0.100. The molecule has 19 atom stereocenters. The molecule has 13 N–H and O–H groups in total. The van der Waals surface area contributed by atoms with E-state index in [0.717, 1.165) is 18.5 Å². The number of carbonyl (C=O) groups excluding carboxylic acids is 4. The molecule has 3 fully saturated rings. The van der Waals surface area contributed by atoms with Gasteiger partial charge in [0.2, 0.25) is 5.91 Å². The number of rotatable bonds is 11. The molecular formula is C63H93N3O18. The molecule has 0 aromatic heterocycles. The Balaban J connectivity index is 1.34. The molecule has 468 valence electrons. The van der Waals surface area contributed by atoms with E-state index in [1.54, 1.807) is 104 Å². The summed E-state index contributed by atoms with van der Waals surface area (Å²) in [5, 5.41) is 114. The Morgan fingerprint density at radius 3 is 1.89 bits per heavy atom. The molecule has 4 aliphatic heterocycles. The van der Waals surface area contributed by atoms with Crippen LogP contribution in [0.4, 0.5) is 5.69 Å². The van der Waals surface area contributed by atoms with E-state index in [-0.39, 0.29) is 49.7 Å². The average Bonchev–Trinajstić information content (AvgIpc) is 3.50. The number of ketones is 2. The number of carbonyl (C=O) groups is 4. The number of likely N-dealkylation sites (tertiary alicyclic amines) is 1. The van der Waals surface area contributed by atoms with Gasteiger partial charge in [-0.2, -0.15) is 0 Å². The Bertz CT molecular complexity index is 2420. The highest BCUT2D eigenvalue weighted by atomic mass is 16.7. The van der Waals surface area contributed by atoms with Crippen molar-refractivity contribution in [3.8, 4) is 0 Å². The first-order valence-electron chi connectivity index (χ1n) is 29.5. The molecule has 3 saturated heterocycles. The number of nitrogens with one attached hydrogen (secondary N) is 1. The molecular weight excluding hydrogens is 1090 g/mol. The summed E-state index contributed by atoms with van der Waals surface area (Å²) >= 11 is 0. The van der Waals surface area contributed by atoms with E-state index in [9.17, 15) is 70.2 Å². The molecule has 0 spiro atoms. The second-order valence-electron chi connectivity index (χ2n) is 23.1. The van der Waals surface area contributed by atoms with Crippen molar-refractivity contribution in [2.75, 3.05) is 25.5 Å². The molecule has 4 aliphatic rings. The van der Waals surface area contributed by atoms with Crippen molar-refractivity contribution in [3.05, 3.63) is 115 Å². The highest BCUT2D eigenvalue weighted by molar-refractivity contribution is 5.96. The average molecular weight is 1180 g/mol. The van der Waals surface area contributed by atoms with Gasteiger partial charge in [-0.25, -0.2) is 0 Å². The van der Waals surface area contributed by atoms with Crippen molar-refractivity contribution >= 4 is 29.1 Å². The van der Waals surface area contributed by atoms with Crippen LogP contribution in [0.25, 0.3) is 0 Å². The number of fused-ring (bicyclic) bond motifs is 2. The molecule has 14 unspecified atom stereocenters. The largest absolute Gasteiger partial charge is 0.461 e. The van der Waals surface area contributed by atoms with Crippen LogP contribution in [0.2, 0.25) is 0 Å². The molecule has 1 aromatic carbocycles. The van der Waals surface area contributed by atoms with E-state index < -0.39 is 160 Å². The maximum absolute atomic E-state index is 14.1. The minimum atomic E-state index is -2.25. The third kappa shape index (κ3) is 23.0. The summed E-state index contributed by atoms with van der Waals surface area (Å²) < 4.78 is 24.4. The van der Waals surface area contributed by atoms with Gasteiger partial charge in [-0.05, 0) is 82.1 Å². The number of hydrogen-bond donors (Lipinski definition) is 12.